The van der Waals surface area contributed by atoms with Gasteiger partial charge in [-0.2, -0.15) is 0 Å². The molecule has 3 aromatic carbocycles. The molecule has 2 aliphatic heterocycles. The summed E-state index contributed by atoms with van der Waals surface area (Å²) < 4.78 is 20.4. The number of hydrogen-bond donors (Lipinski definition) is 2. The molecule has 1 unspecified atom stereocenters. The van der Waals surface area contributed by atoms with Gasteiger partial charge in [0.25, 0.3) is 11.8 Å². The summed E-state index contributed by atoms with van der Waals surface area (Å²) in [7, 11) is 1.73. The van der Waals surface area contributed by atoms with Crippen molar-refractivity contribution in [3.8, 4) is 11.3 Å². The molecule has 236 valence electrons. The van der Waals surface area contributed by atoms with Crippen LogP contribution in [0.2, 0.25) is 5.02 Å². The van der Waals surface area contributed by atoms with E-state index in [-0.39, 0.29) is 40.2 Å². The molecule has 9 nitrogen and oxygen atoms in total. The second kappa shape index (κ2) is 13.3. The number of hydrogen-bond acceptors (Lipinski definition) is 6. The van der Waals surface area contributed by atoms with Gasteiger partial charge in [-0.1, -0.05) is 35.9 Å². The van der Waals surface area contributed by atoms with Crippen molar-refractivity contribution in [2.45, 2.75) is 31.4 Å². The molecule has 46 heavy (non-hydrogen) atoms. The van der Waals surface area contributed by atoms with Gasteiger partial charge in [0, 0.05) is 43.7 Å². The van der Waals surface area contributed by atoms with Crippen LogP contribution in [0.4, 0.5) is 15.8 Å². The van der Waals surface area contributed by atoms with Gasteiger partial charge in [0.05, 0.1) is 22.4 Å². The van der Waals surface area contributed by atoms with Crippen LogP contribution in [0.5, 0.6) is 0 Å². The molecule has 0 aliphatic carbocycles. The highest BCUT2D eigenvalue weighted by molar-refractivity contribution is 6.31. The van der Waals surface area contributed by atoms with E-state index in [2.05, 4.69) is 15.2 Å². The minimum absolute atomic E-state index is 0.0564. The molecule has 1 fully saturated rings. The van der Waals surface area contributed by atoms with E-state index in [1.54, 1.807) is 31.4 Å². The first-order valence-electron chi connectivity index (χ1n) is 15.0. The number of rotatable bonds is 7. The summed E-state index contributed by atoms with van der Waals surface area (Å²) in [6.07, 6.45) is 2.49. The minimum Gasteiger partial charge on any atom is -0.478 e. The van der Waals surface area contributed by atoms with Gasteiger partial charge in [-0.25, -0.2) is 14.2 Å². The number of carbonyl (C=O) groups is 3. The first kappa shape index (κ1) is 31.2. The van der Waals surface area contributed by atoms with Gasteiger partial charge in [0.15, 0.2) is 5.82 Å². The lowest BCUT2D eigenvalue weighted by Crippen LogP contribution is -2.46. The van der Waals surface area contributed by atoms with Gasteiger partial charge < -0.3 is 25.0 Å². The monoisotopic (exact) mass is 642 g/mol. The summed E-state index contributed by atoms with van der Waals surface area (Å²) in [4.78, 5) is 47.9. The third-order valence-corrected chi connectivity index (χ3v) is 8.91. The third kappa shape index (κ3) is 6.18. The molecule has 1 atom stereocenters. The van der Waals surface area contributed by atoms with E-state index in [1.165, 1.54) is 41.3 Å². The van der Waals surface area contributed by atoms with Crippen molar-refractivity contribution in [2.24, 2.45) is 0 Å². The number of anilines is 2. The van der Waals surface area contributed by atoms with Crippen LogP contribution >= 0.6 is 11.6 Å². The zero-order valence-electron chi connectivity index (χ0n) is 25.1. The maximum absolute atomic E-state index is 14.9. The first-order valence-corrected chi connectivity index (χ1v) is 15.4. The summed E-state index contributed by atoms with van der Waals surface area (Å²) in [6, 6.07) is 20.0. The molecule has 2 amide bonds. The van der Waals surface area contributed by atoms with Crippen LogP contribution in [0.3, 0.4) is 0 Å². The molecule has 2 aliphatic rings. The number of ether oxygens (including phenoxy) is 1. The van der Waals surface area contributed by atoms with Crippen LogP contribution in [0.1, 0.15) is 50.9 Å². The number of piperidine rings is 1. The highest BCUT2D eigenvalue weighted by Gasteiger charge is 2.38. The molecule has 0 radical (unpaired) electrons. The molecule has 0 bridgehead atoms. The molecule has 1 saturated heterocycles. The number of amides is 2. The average Bonchev–Trinajstić information content (AvgIpc) is 3.08. The number of carboxylic acid groups (broad SMARTS) is 1. The Morgan fingerprint density at radius 1 is 0.957 bits per heavy atom. The Morgan fingerprint density at radius 3 is 2.39 bits per heavy atom. The second-order valence-electron chi connectivity index (χ2n) is 11.3. The van der Waals surface area contributed by atoms with Gasteiger partial charge in [-0.15, -0.1) is 0 Å². The predicted octanol–water partition coefficient (Wildman–Crippen LogP) is 6.23. The zero-order chi connectivity index (χ0) is 32.4. The van der Waals surface area contributed by atoms with Crippen molar-refractivity contribution in [3.05, 3.63) is 112 Å². The van der Waals surface area contributed by atoms with Crippen LogP contribution in [-0.2, 0) is 16.0 Å². The van der Waals surface area contributed by atoms with Crippen molar-refractivity contribution >= 4 is 40.8 Å². The van der Waals surface area contributed by atoms with E-state index in [1.807, 2.05) is 18.2 Å². The molecule has 6 rings (SSSR count). The van der Waals surface area contributed by atoms with Gasteiger partial charge in [-0.05, 0) is 85.0 Å². The van der Waals surface area contributed by atoms with Crippen LogP contribution < -0.4 is 10.2 Å². The number of aromatic carboxylic acids is 1. The van der Waals surface area contributed by atoms with Crippen molar-refractivity contribution in [3.63, 3.8) is 0 Å². The molecule has 3 heterocycles. The van der Waals surface area contributed by atoms with Gasteiger partial charge in [0.1, 0.15) is 11.7 Å². The van der Waals surface area contributed by atoms with Crippen LogP contribution in [0, 0.1) is 5.82 Å². The smallest absolute Gasteiger partial charge is 0.335 e. The number of carbonyl (C=O) groups excluding carboxylic acids is 2. The third-order valence-electron chi connectivity index (χ3n) is 8.62. The zero-order valence-corrected chi connectivity index (χ0v) is 25.8. The van der Waals surface area contributed by atoms with Crippen LogP contribution in [0.15, 0.2) is 78.9 Å². The first-order chi connectivity index (χ1) is 22.2. The van der Waals surface area contributed by atoms with Crippen molar-refractivity contribution in [2.75, 3.05) is 37.0 Å². The van der Waals surface area contributed by atoms with Crippen molar-refractivity contribution < 1.29 is 28.6 Å². The molecule has 0 saturated carbocycles. The van der Waals surface area contributed by atoms with E-state index in [0.29, 0.717) is 17.7 Å². The highest BCUT2D eigenvalue weighted by atomic mass is 35.5. The van der Waals surface area contributed by atoms with E-state index in [4.69, 9.17) is 16.3 Å². The summed E-state index contributed by atoms with van der Waals surface area (Å²) in [5.41, 5.74) is 3.65. The Labute approximate surface area is 270 Å². The molecule has 1 aromatic heterocycles. The number of methoxy groups -OCH3 is 1. The van der Waals surface area contributed by atoms with Gasteiger partial charge >= 0.3 is 5.97 Å². The lowest BCUT2D eigenvalue weighted by Gasteiger charge is -2.40. The minimum atomic E-state index is -1.08. The lowest BCUT2D eigenvalue weighted by atomic mass is 9.89. The maximum Gasteiger partial charge on any atom is 0.335 e. The molecule has 0 spiro atoms. The van der Waals surface area contributed by atoms with Crippen LogP contribution in [0.25, 0.3) is 11.3 Å². The number of halogens is 2. The number of benzene rings is 3. The SMILES string of the molecule is COC1CCN(c2cccc3c2CCN(C(=O)c2cccc(-c4cccc(Cl)c4F)n2)C3C(=O)Nc2ccc(C(=O)O)cc2)CC1. The lowest BCUT2D eigenvalue weighted by molar-refractivity contribution is -0.121. The molecule has 11 heteroatoms. The summed E-state index contributed by atoms with van der Waals surface area (Å²) in [5, 5.41) is 12.1. The quantitative estimate of drug-likeness (QED) is 0.246. The molecular formula is C35H32ClFN4O5. The molecular weight excluding hydrogens is 611 g/mol. The van der Waals surface area contributed by atoms with E-state index in [0.717, 1.165) is 37.2 Å². The Bertz CT molecular complexity index is 1790. The summed E-state index contributed by atoms with van der Waals surface area (Å²) in [6.45, 7) is 1.85. The largest absolute Gasteiger partial charge is 0.478 e. The fourth-order valence-electron chi connectivity index (χ4n) is 6.24. The number of carboxylic acids is 1. The Kier molecular flexibility index (Phi) is 9.01. The van der Waals surface area contributed by atoms with Crippen LogP contribution in [-0.4, -0.2) is 65.6 Å². The number of aromatic nitrogens is 1. The normalized spacial score (nSPS) is 16.5. The number of pyridine rings is 1. The summed E-state index contributed by atoms with van der Waals surface area (Å²) >= 11 is 6.00. The highest BCUT2D eigenvalue weighted by Crippen LogP contribution is 2.38. The number of nitrogens with one attached hydrogen (secondary N) is 1. The van der Waals surface area contributed by atoms with Crippen molar-refractivity contribution in [1.82, 2.24) is 9.88 Å². The van der Waals surface area contributed by atoms with Gasteiger partial charge in [0.2, 0.25) is 0 Å². The Hall–Kier alpha value is -4.80. The predicted molar refractivity (Wildman–Crippen MR) is 173 cm³/mol. The molecule has 2 N–H and O–H groups in total. The Morgan fingerprint density at radius 2 is 1.67 bits per heavy atom. The number of nitrogens with zero attached hydrogens (tertiary/aromatic N) is 3. The summed E-state index contributed by atoms with van der Waals surface area (Å²) in [5.74, 6) is -2.65. The standard InChI is InChI=1S/C35H32ClFN4O5/c1-46-23-15-18-40(19-16-23)30-10-3-5-25-24(30)17-20-41(32(25)33(42)38-22-13-11-21(12-14-22)35(44)45)34(43)29-9-4-8-28(39-29)26-6-2-7-27(36)31(26)37/h2-14,23,32H,15-20H2,1H3,(H,38,42)(H,44,45). The van der Waals surface area contributed by atoms with E-state index >= 15 is 0 Å². The topological polar surface area (TPSA) is 112 Å². The van der Waals surface area contributed by atoms with E-state index < -0.39 is 29.6 Å². The fourth-order valence-corrected chi connectivity index (χ4v) is 6.41. The average molecular weight is 643 g/mol. The van der Waals surface area contributed by atoms with Gasteiger partial charge in [-0.3, -0.25) is 9.59 Å². The number of fused-ring (bicyclic) bond motifs is 1. The maximum atomic E-state index is 14.9. The second-order valence-corrected chi connectivity index (χ2v) is 11.7. The Balaban J connectivity index is 1.36. The molecule has 4 aromatic rings. The fraction of sp³-hybridized carbons (Fsp3) is 0.257. The van der Waals surface area contributed by atoms with Crippen molar-refractivity contribution in [1.29, 1.82) is 0 Å². The van der Waals surface area contributed by atoms with E-state index in [9.17, 15) is 23.9 Å².